The fourth-order valence-corrected chi connectivity index (χ4v) is 3.79. The molecule has 2 aromatic heterocycles. The lowest BCUT2D eigenvalue weighted by Crippen LogP contribution is -2.44. The van der Waals surface area contributed by atoms with E-state index in [1.807, 2.05) is 0 Å². The first kappa shape index (κ1) is 17.3. The SMILES string of the molecule is Cn1c(=O)c(-c2c(Cl)cccc2Cl)cc2cnc(N3CCNCC3)nc21. The summed E-state index contributed by atoms with van der Waals surface area (Å²) in [6.45, 7) is 3.47. The van der Waals surface area contributed by atoms with Gasteiger partial charge in [0.2, 0.25) is 5.95 Å². The van der Waals surface area contributed by atoms with Crippen LogP contribution in [0.1, 0.15) is 0 Å². The molecule has 0 aliphatic carbocycles. The standard InChI is InChI=1S/C18H17Cl2N5O/c1-24-16-11(10-22-18(23-16)25-7-5-21-6-8-25)9-12(17(24)26)15-13(19)3-2-4-14(15)20/h2-4,9-10,21H,5-8H2,1H3. The summed E-state index contributed by atoms with van der Waals surface area (Å²) in [6, 6.07) is 6.95. The number of piperazine rings is 1. The van der Waals surface area contributed by atoms with E-state index in [0.29, 0.717) is 32.8 Å². The van der Waals surface area contributed by atoms with Gasteiger partial charge in [-0.1, -0.05) is 29.3 Å². The first-order valence-electron chi connectivity index (χ1n) is 8.33. The number of rotatable bonds is 2. The maximum Gasteiger partial charge on any atom is 0.259 e. The van der Waals surface area contributed by atoms with Crippen molar-refractivity contribution in [2.45, 2.75) is 0 Å². The summed E-state index contributed by atoms with van der Waals surface area (Å²) < 4.78 is 1.53. The number of hydrogen-bond donors (Lipinski definition) is 1. The molecule has 1 aliphatic rings. The third-order valence-electron chi connectivity index (χ3n) is 4.57. The number of benzene rings is 1. The van der Waals surface area contributed by atoms with Gasteiger partial charge >= 0.3 is 0 Å². The first-order valence-corrected chi connectivity index (χ1v) is 9.08. The highest BCUT2D eigenvalue weighted by Gasteiger charge is 2.18. The Labute approximate surface area is 160 Å². The van der Waals surface area contributed by atoms with Gasteiger partial charge in [0.15, 0.2) is 0 Å². The predicted molar refractivity (Wildman–Crippen MR) is 105 cm³/mol. The van der Waals surface area contributed by atoms with Crippen molar-refractivity contribution in [1.82, 2.24) is 19.9 Å². The molecule has 4 rings (SSSR count). The Morgan fingerprint density at radius 3 is 2.54 bits per heavy atom. The van der Waals surface area contributed by atoms with Crippen molar-refractivity contribution in [3.63, 3.8) is 0 Å². The summed E-state index contributed by atoms with van der Waals surface area (Å²) in [5.41, 5.74) is 1.36. The molecule has 1 fully saturated rings. The van der Waals surface area contributed by atoms with E-state index in [2.05, 4.69) is 20.2 Å². The fraction of sp³-hybridized carbons (Fsp3) is 0.278. The topological polar surface area (TPSA) is 63.1 Å². The van der Waals surface area contributed by atoms with Crippen LogP contribution < -0.4 is 15.8 Å². The number of hydrogen-bond acceptors (Lipinski definition) is 5. The van der Waals surface area contributed by atoms with Crippen molar-refractivity contribution in [1.29, 1.82) is 0 Å². The van der Waals surface area contributed by atoms with Crippen molar-refractivity contribution in [3.8, 4) is 11.1 Å². The Balaban J connectivity index is 1.88. The number of halogens is 2. The molecule has 8 heteroatoms. The van der Waals surface area contributed by atoms with E-state index in [4.69, 9.17) is 23.2 Å². The third-order valence-corrected chi connectivity index (χ3v) is 5.20. The molecule has 0 bridgehead atoms. The van der Waals surface area contributed by atoms with Crippen LogP contribution in [-0.4, -0.2) is 40.7 Å². The molecule has 0 spiro atoms. The first-order chi connectivity index (χ1) is 12.6. The highest BCUT2D eigenvalue weighted by atomic mass is 35.5. The fourth-order valence-electron chi connectivity index (χ4n) is 3.19. The molecule has 3 heterocycles. The van der Waals surface area contributed by atoms with Gasteiger partial charge in [-0.05, 0) is 18.2 Å². The van der Waals surface area contributed by atoms with Crippen LogP contribution in [-0.2, 0) is 7.05 Å². The van der Waals surface area contributed by atoms with Crippen LogP contribution >= 0.6 is 23.2 Å². The van der Waals surface area contributed by atoms with Crippen LogP contribution in [0.2, 0.25) is 10.0 Å². The molecule has 1 aliphatic heterocycles. The van der Waals surface area contributed by atoms with Crippen molar-refractivity contribution < 1.29 is 0 Å². The summed E-state index contributed by atoms with van der Waals surface area (Å²) in [5.74, 6) is 0.637. The van der Waals surface area contributed by atoms with Gasteiger partial charge in [-0.25, -0.2) is 4.98 Å². The molecule has 0 radical (unpaired) electrons. The lowest BCUT2D eigenvalue weighted by atomic mass is 10.1. The lowest BCUT2D eigenvalue weighted by molar-refractivity contribution is 0.580. The summed E-state index contributed by atoms with van der Waals surface area (Å²) >= 11 is 12.6. The Morgan fingerprint density at radius 1 is 1.15 bits per heavy atom. The summed E-state index contributed by atoms with van der Waals surface area (Å²) in [4.78, 5) is 24.2. The molecule has 1 N–H and O–H groups in total. The smallest absolute Gasteiger partial charge is 0.259 e. The Bertz CT molecular complexity index is 1020. The van der Waals surface area contributed by atoms with Gasteiger partial charge in [-0.2, -0.15) is 4.98 Å². The summed E-state index contributed by atoms with van der Waals surface area (Å²) in [7, 11) is 1.70. The van der Waals surface area contributed by atoms with E-state index in [1.54, 1.807) is 37.5 Å². The number of pyridine rings is 1. The minimum absolute atomic E-state index is 0.197. The molecule has 1 aromatic carbocycles. The predicted octanol–water partition coefficient (Wildman–Crippen LogP) is 2.71. The molecular weight excluding hydrogens is 373 g/mol. The molecule has 6 nitrogen and oxygen atoms in total. The van der Waals surface area contributed by atoms with E-state index >= 15 is 0 Å². The van der Waals surface area contributed by atoms with E-state index in [0.717, 1.165) is 31.6 Å². The Hall–Kier alpha value is -2.15. The van der Waals surface area contributed by atoms with E-state index < -0.39 is 0 Å². The van der Waals surface area contributed by atoms with Crippen molar-refractivity contribution in [2.24, 2.45) is 7.05 Å². The van der Waals surface area contributed by atoms with Gasteiger partial charge in [0.05, 0.1) is 15.6 Å². The zero-order valence-electron chi connectivity index (χ0n) is 14.2. The molecule has 0 saturated carbocycles. The maximum absolute atomic E-state index is 12.9. The molecule has 0 amide bonds. The molecule has 3 aromatic rings. The van der Waals surface area contributed by atoms with Crippen LogP contribution in [0.5, 0.6) is 0 Å². The summed E-state index contributed by atoms with van der Waals surface area (Å²) in [5, 5.41) is 4.94. The number of nitrogens with zero attached hydrogens (tertiary/aromatic N) is 4. The quantitative estimate of drug-likeness (QED) is 0.729. The minimum atomic E-state index is -0.197. The van der Waals surface area contributed by atoms with E-state index in [9.17, 15) is 4.79 Å². The monoisotopic (exact) mass is 389 g/mol. The second-order valence-electron chi connectivity index (χ2n) is 6.20. The number of aryl methyl sites for hydroxylation is 1. The molecule has 0 atom stereocenters. The van der Waals surface area contributed by atoms with Crippen molar-refractivity contribution in [3.05, 3.63) is 50.9 Å². The van der Waals surface area contributed by atoms with Crippen LogP contribution in [0.15, 0.2) is 35.3 Å². The van der Waals surface area contributed by atoms with Crippen LogP contribution in [0, 0.1) is 0 Å². The van der Waals surface area contributed by atoms with Gasteiger partial charge in [0, 0.05) is 50.4 Å². The second kappa shape index (κ2) is 6.87. The average Bonchev–Trinajstić information content (AvgIpc) is 2.66. The van der Waals surface area contributed by atoms with Crippen LogP contribution in [0.25, 0.3) is 22.2 Å². The van der Waals surface area contributed by atoms with Gasteiger partial charge in [-0.15, -0.1) is 0 Å². The van der Waals surface area contributed by atoms with Gasteiger partial charge in [0.25, 0.3) is 5.56 Å². The van der Waals surface area contributed by atoms with E-state index in [1.165, 1.54) is 4.57 Å². The average molecular weight is 390 g/mol. The Morgan fingerprint density at radius 2 is 1.85 bits per heavy atom. The van der Waals surface area contributed by atoms with Gasteiger partial charge < -0.3 is 10.2 Å². The second-order valence-corrected chi connectivity index (χ2v) is 7.02. The maximum atomic E-state index is 12.9. The van der Waals surface area contributed by atoms with Gasteiger partial charge in [0.1, 0.15) is 5.65 Å². The molecule has 0 unspecified atom stereocenters. The molecule has 134 valence electrons. The molecule has 26 heavy (non-hydrogen) atoms. The lowest BCUT2D eigenvalue weighted by Gasteiger charge is -2.27. The molecule has 1 saturated heterocycles. The third kappa shape index (κ3) is 2.94. The number of fused-ring (bicyclic) bond motifs is 1. The zero-order chi connectivity index (χ0) is 18.3. The van der Waals surface area contributed by atoms with Crippen LogP contribution in [0.4, 0.5) is 5.95 Å². The normalized spacial score (nSPS) is 14.8. The number of aromatic nitrogens is 3. The minimum Gasteiger partial charge on any atom is -0.338 e. The highest BCUT2D eigenvalue weighted by molar-refractivity contribution is 6.39. The van der Waals surface area contributed by atoms with Crippen LogP contribution in [0.3, 0.4) is 0 Å². The summed E-state index contributed by atoms with van der Waals surface area (Å²) in [6.07, 6.45) is 1.74. The van der Waals surface area contributed by atoms with Gasteiger partial charge in [-0.3, -0.25) is 9.36 Å². The van der Waals surface area contributed by atoms with Crippen molar-refractivity contribution in [2.75, 3.05) is 31.1 Å². The van der Waals surface area contributed by atoms with Crippen molar-refractivity contribution >= 4 is 40.2 Å². The number of anilines is 1. The zero-order valence-corrected chi connectivity index (χ0v) is 15.7. The molecular formula is C18H17Cl2N5O. The largest absolute Gasteiger partial charge is 0.338 e. The highest BCUT2D eigenvalue weighted by Crippen LogP contribution is 2.33. The Kier molecular flexibility index (Phi) is 4.56. The number of nitrogens with one attached hydrogen (secondary N) is 1. The van der Waals surface area contributed by atoms with E-state index in [-0.39, 0.29) is 5.56 Å².